The Bertz CT molecular complexity index is 1420. The van der Waals surface area contributed by atoms with Crippen molar-refractivity contribution < 1.29 is 22.3 Å². The number of nitrogens with one attached hydrogen (secondary N) is 2. The van der Waals surface area contributed by atoms with Crippen molar-refractivity contribution in [3.8, 4) is 11.4 Å². The lowest BCUT2D eigenvalue weighted by Crippen LogP contribution is -2.13. The Morgan fingerprint density at radius 3 is 2.50 bits per heavy atom. The van der Waals surface area contributed by atoms with E-state index in [0.717, 1.165) is 35.4 Å². The fourth-order valence-corrected chi connectivity index (χ4v) is 3.79. The van der Waals surface area contributed by atoms with Gasteiger partial charge in [-0.25, -0.2) is 17.5 Å². The Morgan fingerprint density at radius 2 is 1.74 bits per heavy atom. The van der Waals surface area contributed by atoms with E-state index in [4.69, 9.17) is 4.74 Å². The summed E-state index contributed by atoms with van der Waals surface area (Å²) in [5.41, 5.74) is 1.94. The van der Waals surface area contributed by atoms with Gasteiger partial charge in [-0.2, -0.15) is 5.10 Å². The number of ether oxygens (including phenoxy) is 1. The minimum atomic E-state index is -3.60. The maximum atomic E-state index is 13.9. The van der Waals surface area contributed by atoms with E-state index in [-0.39, 0.29) is 16.9 Å². The predicted molar refractivity (Wildman–Crippen MR) is 127 cm³/mol. The predicted octanol–water partition coefficient (Wildman–Crippen LogP) is 4.21. The van der Waals surface area contributed by atoms with E-state index < -0.39 is 21.7 Å². The van der Waals surface area contributed by atoms with Gasteiger partial charge in [0.2, 0.25) is 10.0 Å². The second-order valence-corrected chi connectivity index (χ2v) is 9.21. The number of anilines is 2. The fraction of sp³-hybridized carbons (Fsp3) is 0.0833. The number of halogens is 1. The SMILES string of the molecule is CS(=O)(=O)Nc1cc(F)cc(NC(=O)c2cnn(-c3ccccc3COc3ccccc3)c2)c1. The third-order valence-electron chi connectivity index (χ3n) is 4.68. The van der Waals surface area contributed by atoms with Crippen molar-refractivity contribution >= 4 is 27.3 Å². The molecule has 0 fully saturated rings. The summed E-state index contributed by atoms with van der Waals surface area (Å²) in [6, 6.07) is 20.3. The summed E-state index contributed by atoms with van der Waals surface area (Å²) < 4.78 is 46.3. The van der Waals surface area contributed by atoms with Gasteiger partial charge in [0, 0.05) is 17.4 Å². The molecule has 4 rings (SSSR count). The zero-order valence-corrected chi connectivity index (χ0v) is 18.9. The van der Waals surface area contributed by atoms with Gasteiger partial charge in [0.05, 0.1) is 29.4 Å². The van der Waals surface area contributed by atoms with Gasteiger partial charge < -0.3 is 10.1 Å². The topological polar surface area (TPSA) is 102 Å². The smallest absolute Gasteiger partial charge is 0.258 e. The normalized spacial score (nSPS) is 11.1. The number of carbonyl (C=O) groups excluding carboxylic acids is 1. The van der Waals surface area contributed by atoms with Crippen molar-refractivity contribution in [2.24, 2.45) is 0 Å². The number of para-hydroxylation sites is 2. The van der Waals surface area contributed by atoms with Crippen molar-refractivity contribution in [2.75, 3.05) is 16.3 Å². The number of hydrogen-bond donors (Lipinski definition) is 2. The summed E-state index contributed by atoms with van der Waals surface area (Å²) in [6.07, 6.45) is 3.89. The van der Waals surface area contributed by atoms with E-state index in [1.807, 2.05) is 54.6 Å². The lowest BCUT2D eigenvalue weighted by Gasteiger charge is -2.11. The van der Waals surface area contributed by atoms with Crippen LogP contribution in [0.25, 0.3) is 5.69 Å². The van der Waals surface area contributed by atoms with Crippen LogP contribution in [0.4, 0.5) is 15.8 Å². The maximum Gasteiger partial charge on any atom is 0.258 e. The van der Waals surface area contributed by atoms with Crippen LogP contribution in [0.2, 0.25) is 0 Å². The first-order chi connectivity index (χ1) is 16.3. The van der Waals surface area contributed by atoms with Crippen molar-refractivity contribution in [1.29, 1.82) is 0 Å². The third-order valence-corrected chi connectivity index (χ3v) is 5.29. The van der Waals surface area contributed by atoms with Crippen LogP contribution < -0.4 is 14.8 Å². The highest BCUT2D eigenvalue weighted by molar-refractivity contribution is 7.92. The molecular weight excluding hydrogens is 459 g/mol. The molecule has 0 aliphatic heterocycles. The highest BCUT2D eigenvalue weighted by Crippen LogP contribution is 2.21. The van der Waals surface area contributed by atoms with Gasteiger partial charge in [-0.3, -0.25) is 9.52 Å². The zero-order chi connectivity index (χ0) is 24.1. The highest BCUT2D eigenvalue weighted by Gasteiger charge is 2.14. The number of nitrogens with zero attached hydrogens (tertiary/aromatic N) is 2. The summed E-state index contributed by atoms with van der Waals surface area (Å²) in [5.74, 6) is -0.496. The van der Waals surface area contributed by atoms with Gasteiger partial charge in [-0.05, 0) is 36.4 Å². The molecule has 4 aromatic rings. The van der Waals surface area contributed by atoms with Crippen molar-refractivity contribution in [3.63, 3.8) is 0 Å². The van der Waals surface area contributed by atoms with Gasteiger partial charge in [0.1, 0.15) is 18.2 Å². The lowest BCUT2D eigenvalue weighted by molar-refractivity contribution is 0.102. The number of benzene rings is 3. The molecule has 174 valence electrons. The number of aromatic nitrogens is 2. The van der Waals surface area contributed by atoms with Crippen LogP contribution in [0.5, 0.6) is 5.75 Å². The number of hydrogen-bond acceptors (Lipinski definition) is 5. The van der Waals surface area contributed by atoms with Crippen LogP contribution in [0.1, 0.15) is 15.9 Å². The zero-order valence-electron chi connectivity index (χ0n) is 18.1. The van der Waals surface area contributed by atoms with Gasteiger partial charge in [0.15, 0.2) is 0 Å². The first kappa shape index (κ1) is 23.0. The van der Waals surface area contributed by atoms with Crippen LogP contribution >= 0.6 is 0 Å². The van der Waals surface area contributed by atoms with Gasteiger partial charge in [0.25, 0.3) is 5.91 Å². The maximum absolute atomic E-state index is 13.9. The average Bonchev–Trinajstić information content (AvgIpc) is 3.27. The van der Waals surface area contributed by atoms with E-state index in [2.05, 4.69) is 15.1 Å². The molecule has 0 radical (unpaired) electrons. The summed E-state index contributed by atoms with van der Waals surface area (Å²) >= 11 is 0. The van der Waals surface area contributed by atoms with E-state index in [9.17, 15) is 17.6 Å². The monoisotopic (exact) mass is 480 g/mol. The molecule has 1 heterocycles. The van der Waals surface area contributed by atoms with Gasteiger partial charge in [-0.1, -0.05) is 36.4 Å². The van der Waals surface area contributed by atoms with Crippen LogP contribution in [0.3, 0.4) is 0 Å². The van der Waals surface area contributed by atoms with Crippen LogP contribution in [-0.2, 0) is 16.6 Å². The van der Waals surface area contributed by atoms with Crippen LogP contribution in [0.15, 0.2) is 85.2 Å². The molecular formula is C24H21FN4O4S. The molecule has 0 unspecified atom stereocenters. The van der Waals surface area contributed by atoms with E-state index >= 15 is 0 Å². The summed E-state index contributed by atoms with van der Waals surface area (Å²) in [5, 5.41) is 6.84. The van der Waals surface area contributed by atoms with Crippen molar-refractivity contribution in [3.05, 3.63) is 102 Å². The summed E-state index contributed by atoms with van der Waals surface area (Å²) in [6.45, 7) is 0.307. The molecule has 0 atom stereocenters. The number of rotatable bonds is 8. The first-order valence-corrected chi connectivity index (χ1v) is 12.1. The average molecular weight is 481 g/mol. The van der Waals surface area contributed by atoms with E-state index in [1.165, 1.54) is 12.3 Å². The van der Waals surface area contributed by atoms with Crippen molar-refractivity contribution in [2.45, 2.75) is 6.61 Å². The molecule has 2 N–H and O–H groups in total. The standard InChI is InChI=1S/C24H21FN4O4S/c1-34(31,32)28-21-12-19(25)11-20(13-21)27-24(30)18-14-26-29(15-18)23-10-6-5-7-17(23)16-33-22-8-3-2-4-9-22/h2-15,28H,16H2,1H3,(H,27,30). The molecule has 0 aliphatic rings. The Kier molecular flexibility index (Phi) is 6.60. The quantitative estimate of drug-likeness (QED) is 0.393. The largest absolute Gasteiger partial charge is 0.489 e. The molecule has 0 bridgehead atoms. The van der Waals surface area contributed by atoms with Gasteiger partial charge in [-0.15, -0.1) is 0 Å². The molecule has 10 heteroatoms. The van der Waals surface area contributed by atoms with E-state index in [1.54, 1.807) is 10.9 Å². The second kappa shape index (κ2) is 9.75. The van der Waals surface area contributed by atoms with Crippen LogP contribution in [0, 0.1) is 5.82 Å². The van der Waals surface area contributed by atoms with E-state index in [0.29, 0.717) is 6.61 Å². The van der Waals surface area contributed by atoms with Crippen LogP contribution in [-0.4, -0.2) is 30.4 Å². The molecule has 1 amide bonds. The first-order valence-electron chi connectivity index (χ1n) is 10.2. The molecule has 0 saturated carbocycles. The second-order valence-electron chi connectivity index (χ2n) is 7.46. The molecule has 0 spiro atoms. The summed E-state index contributed by atoms with van der Waals surface area (Å²) in [7, 11) is -3.60. The van der Waals surface area contributed by atoms with Gasteiger partial charge >= 0.3 is 0 Å². The molecule has 0 saturated heterocycles. The molecule has 1 aromatic heterocycles. The Balaban J connectivity index is 1.50. The van der Waals surface area contributed by atoms with Crippen molar-refractivity contribution in [1.82, 2.24) is 9.78 Å². The lowest BCUT2D eigenvalue weighted by atomic mass is 10.2. The molecule has 3 aromatic carbocycles. The number of carbonyl (C=O) groups is 1. The highest BCUT2D eigenvalue weighted by atomic mass is 32.2. The molecule has 8 nitrogen and oxygen atoms in total. The minimum absolute atomic E-state index is 0.000776. The Labute approximate surface area is 196 Å². The molecule has 0 aliphatic carbocycles. The third kappa shape index (κ3) is 5.99. The Morgan fingerprint density at radius 1 is 1.03 bits per heavy atom. The molecule has 34 heavy (non-hydrogen) atoms. The Hall–Kier alpha value is -4.18. The number of sulfonamides is 1. The fourth-order valence-electron chi connectivity index (χ4n) is 3.24. The summed E-state index contributed by atoms with van der Waals surface area (Å²) in [4.78, 5) is 12.7. The number of amides is 1. The minimum Gasteiger partial charge on any atom is -0.489 e.